The molecule has 1 aliphatic rings. The highest BCUT2D eigenvalue weighted by molar-refractivity contribution is 7.81. The van der Waals surface area contributed by atoms with Crippen LogP contribution in [-0.4, -0.2) is 30.9 Å². The van der Waals surface area contributed by atoms with Crippen molar-refractivity contribution < 1.29 is 9.53 Å². The van der Waals surface area contributed by atoms with E-state index >= 15 is 0 Å². The van der Waals surface area contributed by atoms with E-state index in [1.54, 1.807) is 0 Å². The molecule has 3 nitrogen and oxygen atoms in total. The monoisotopic (exact) mass is 161 g/mol. The van der Waals surface area contributed by atoms with E-state index in [2.05, 4.69) is 22.7 Å². The molecule has 1 saturated heterocycles. The summed E-state index contributed by atoms with van der Waals surface area (Å²) in [6.07, 6.45) is 0.933. The van der Waals surface area contributed by atoms with Gasteiger partial charge in [-0.2, -0.15) is 12.6 Å². The van der Waals surface area contributed by atoms with Crippen molar-refractivity contribution >= 4 is 18.6 Å². The molecule has 2 atom stereocenters. The zero-order chi connectivity index (χ0) is 7.56. The van der Waals surface area contributed by atoms with Gasteiger partial charge in [-0.05, 0) is 13.0 Å². The van der Waals surface area contributed by atoms with E-state index < -0.39 is 0 Å². The van der Waals surface area contributed by atoms with Gasteiger partial charge in [0.1, 0.15) is 6.04 Å². The Kier molecular flexibility index (Phi) is 2.56. The lowest BCUT2D eigenvalue weighted by molar-refractivity contribution is -0.142. The van der Waals surface area contributed by atoms with E-state index in [1.165, 1.54) is 7.11 Å². The number of hydrogen-bond donors (Lipinski definition) is 2. The van der Waals surface area contributed by atoms with Crippen molar-refractivity contribution in [2.24, 2.45) is 0 Å². The maximum atomic E-state index is 10.9. The Morgan fingerprint density at radius 2 is 2.50 bits per heavy atom. The molecular formula is C6H11NO2S. The van der Waals surface area contributed by atoms with Crippen molar-refractivity contribution in [2.75, 3.05) is 13.7 Å². The van der Waals surface area contributed by atoms with Gasteiger partial charge in [0.25, 0.3) is 0 Å². The fourth-order valence-corrected chi connectivity index (χ4v) is 1.41. The zero-order valence-electron chi connectivity index (χ0n) is 5.83. The molecule has 1 N–H and O–H groups in total. The molecule has 10 heavy (non-hydrogen) atoms. The maximum absolute atomic E-state index is 10.9. The highest BCUT2D eigenvalue weighted by Gasteiger charge is 2.30. The van der Waals surface area contributed by atoms with E-state index in [4.69, 9.17) is 0 Å². The van der Waals surface area contributed by atoms with Gasteiger partial charge in [0, 0.05) is 5.25 Å². The molecule has 4 heteroatoms. The first kappa shape index (κ1) is 7.88. The van der Waals surface area contributed by atoms with Gasteiger partial charge in [-0.25, -0.2) is 0 Å². The predicted octanol–water partition coefficient (Wildman–Crippen LogP) is -0.180. The minimum atomic E-state index is -0.211. The quantitative estimate of drug-likeness (QED) is 0.414. The highest BCUT2D eigenvalue weighted by atomic mass is 32.1. The van der Waals surface area contributed by atoms with Gasteiger partial charge in [-0.1, -0.05) is 0 Å². The third kappa shape index (κ3) is 1.44. The van der Waals surface area contributed by atoms with Gasteiger partial charge in [0.15, 0.2) is 0 Å². The predicted molar refractivity (Wildman–Crippen MR) is 41.2 cm³/mol. The van der Waals surface area contributed by atoms with E-state index in [9.17, 15) is 4.79 Å². The Hall–Kier alpha value is -0.220. The summed E-state index contributed by atoms with van der Waals surface area (Å²) < 4.78 is 4.55. The number of thiol groups is 1. The Labute approximate surface area is 65.5 Å². The minimum Gasteiger partial charge on any atom is -0.468 e. The Balaban J connectivity index is 2.46. The molecular weight excluding hydrogens is 150 g/mol. The van der Waals surface area contributed by atoms with Crippen molar-refractivity contribution in [1.82, 2.24) is 5.32 Å². The molecule has 1 aliphatic heterocycles. The van der Waals surface area contributed by atoms with Gasteiger partial charge in [-0.15, -0.1) is 0 Å². The number of ether oxygens (including phenoxy) is 1. The van der Waals surface area contributed by atoms with Crippen LogP contribution in [0.4, 0.5) is 0 Å². The minimum absolute atomic E-state index is 0.118. The number of nitrogens with one attached hydrogen (secondary N) is 1. The zero-order valence-corrected chi connectivity index (χ0v) is 6.73. The summed E-state index contributed by atoms with van der Waals surface area (Å²) in [5.41, 5.74) is 0. The summed E-state index contributed by atoms with van der Waals surface area (Å²) in [5, 5.41) is 3.12. The number of esters is 1. The molecule has 1 unspecified atom stereocenters. The fourth-order valence-electron chi connectivity index (χ4n) is 1.06. The van der Waals surface area contributed by atoms with Gasteiger partial charge < -0.3 is 10.1 Å². The van der Waals surface area contributed by atoms with E-state index in [0.29, 0.717) is 0 Å². The van der Waals surface area contributed by atoms with Gasteiger partial charge in [0.05, 0.1) is 7.11 Å². The Morgan fingerprint density at radius 3 is 2.90 bits per heavy atom. The summed E-state index contributed by atoms with van der Waals surface area (Å²) in [6, 6.07) is -0.201. The summed E-state index contributed by atoms with van der Waals surface area (Å²) in [7, 11) is 1.39. The number of hydrogen-bond acceptors (Lipinski definition) is 4. The lowest BCUT2D eigenvalue weighted by atomic mass is 10.2. The molecule has 0 amide bonds. The molecule has 0 saturated carbocycles. The first-order chi connectivity index (χ1) is 4.75. The van der Waals surface area contributed by atoms with Crippen LogP contribution >= 0.6 is 12.6 Å². The van der Waals surface area contributed by atoms with Crippen molar-refractivity contribution in [2.45, 2.75) is 17.7 Å². The first-order valence-electron chi connectivity index (χ1n) is 3.25. The van der Waals surface area contributed by atoms with Crippen LogP contribution in [0.25, 0.3) is 0 Å². The fraction of sp³-hybridized carbons (Fsp3) is 0.833. The van der Waals surface area contributed by atoms with Crippen molar-refractivity contribution in [3.63, 3.8) is 0 Å². The molecule has 0 aromatic rings. The largest absolute Gasteiger partial charge is 0.468 e. The molecule has 0 aromatic heterocycles. The molecule has 0 aromatic carbocycles. The Bertz CT molecular complexity index is 140. The van der Waals surface area contributed by atoms with Crippen LogP contribution in [0.2, 0.25) is 0 Å². The second-order valence-corrected chi connectivity index (χ2v) is 2.97. The van der Waals surface area contributed by atoms with Crippen LogP contribution < -0.4 is 5.32 Å². The van der Waals surface area contributed by atoms with Crippen LogP contribution in [0.3, 0.4) is 0 Å². The van der Waals surface area contributed by atoms with E-state index in [0.717, 1.165) is 13.0 Å². The van der Waals surface area contributed by atoms with Crippen molar-refractivity contribution in [3.05, 3.63) is 0 Å². The van der Waals surface area contributed by atoms with Gasteiger partial charge in [0.2, 0.25) is 0 Å². The average Bonchev–Trinajstić information content (AvgIpc) is 2.34. The number of rotatable bonds is 1. The average molecular weight is 161 g/mol. The molecule has 58 valence electrons. The maximum Gasteiger partial charge on any atom is 0.324 e. The number of methoxy groups -OCH3 is 1. The number of carbonyl (C=O) groups is 1. The first-order valence-corrected chi connectivity index (χ1v) is 3.76. The molecule has 1 heterocycles. The molecule has 0 radical (unpaired) electrons. The highest BCUT2D eigenvalue weighted by Crippen LogP contribution is 2.13. The lowest BCUT2D eigenvalue weighted by Gasteiger charge is -2.10. The van der Waals surface area contributed by atoms with E-state index in [1.807, 2.05) is 0 Å². The molecule has 1 rings (SSSR count). The van der Waals surface area contributed by atoms with Gasteiger partial charge in [-0.3, -0.25) is 4.79 Å². The topological polar surface area (TPSA) is 38.3 Å². The van der Waals surface area contributed by atoms with Crippen LogP contribution in [0.1, 0.15) is 6.42 Å². The summed E-state index contributed by atoms with van der Waals surface area (Å²) in [5.74, 6) is -0.211. The summed E-state index contributed by atoms with van der Waals surface area (Å²) in [4.78, 5) is 10.9. The normalized spacial score (nSPS) is 32.2. The SMILES string of the molecule is COC(=O)[C@H]1NCCC1S. The smallest absolute Gasteiger partial charge is 0.324 e. The third-order valence-corrected chi connectivity index (χ3v) is 2.20. The van der Waals surface area contributed by atoms with Crippen molar-refractivity contribution in [1.29, 1.82) is 0 Å². The van der Waals surface area contributed by atoms with Crippen LogP contribution in [0, 0.1) is 0 Å². The molecule has 0 bridgehead atoms. The van der Waals surface area contributed by atoms with Crippen LogP contribution in [-0.2, 0) is 9.53 Å². The number of carbonyl (C=O) groups excluding carboxylic acids is 1. The summed E-state index contributed by atoms with van der Waals surface area (Å²) in [6.45, 7) is 0.855. The van der Waals surface area contributed by atoms with E-state index in [-0.39, 0.29) is 17.3 Å². The summed E-state index contributed by atoms with van der Waals surface area (Å²) >= 11 is 4.22. The Morgan fingerprint density at radius 1 is 1.80 bits per heavy atom. The van der Waals surface area contributed by atoms with Crippen LogP contribution in [0.15, 0.2) is 0 Å². The molecule has 1 fully saturated rings. The van der Waals surface area contributed by atoms with Gasteiger partial charge >= 0.3 is 5.97 Å². The standard InChI is InChI=1S/C6H11NO2S/c1-9-6(8)5-4(10)2-3-7-5/h4-5,7,10H,2-3H2,1H3/t4?,5-/m0/s1. The van der Waals surface area contributed by atoms with Crippen LogP contribution in [0.5, 0.6) is 0 Å². The lowest BCUT2D eigenvalue weighted by Crippen LogP contribution is -2.37. The molecule has 0 aliphatic carbocycles. The third-order valence-electron chi connectivity index (χ3n) is 1.64. The van der Waals surface area contributed by atoms with Crippen molar-refractivity contribution in [3.8, 4) is 0 Å². The second kappa shape index (κ2) is 3.25. The molecule has 0 spiro atoms. The second-order valence-electron chi connectivity index (χ2n) is 2.31.